The number of carbonyl (C=O) groups excluding carboxylic acids is 1. The molecule has 0 atom stereocenters. The molecule has 0 aliphatic rings. The zero-order valence-electron chi connectivity index (χ0n) is 26.9. The van der Waals surface area contributed by atoms with Crippen molar-refractivity contribution >= 4 is 47.0 Å². The molecule has 0 saturated carbocycles. The van der Waals surface area contributed by atoms with Gasteiger partial charge in [-0.1, -0.05) is 75.1 Å². The number of urea groups is 1. The molecule has 2 amide bonds. The number of imidazole rings is 1. The molecule has 0 saturated heterocycles. The molecule has 0 unspecified atom stereocenters. The zero-order valence-corrected chi connectivity index (χ0v) is 29.4. The Morgan fingerprint density at radius 1 is 0.804 bits per heavy atom. The molecule has 0 radical (unpaired) electrons. The number of unbranched alkanes of at least 4 members (excludes halogenated alkanes) is 6. The monoisotopic (exact) mass is 682 g/mol. The highest BCUT2D eigenvalue weighted by Gasteiger charge is 2.17. The highest BCUT2D eigenvalue weighted by molar-refractivity contribution is 7.99. The average Bonchev–Trinajstić information content (AvgIpc) is 3.50. The van der Waals surface area contributed by atoms with Crippen LogP contribution >= 0.6 is 35.3 Å². The van der Waals surface area contributed by atoms with Gasteiger partial charge < -0.3 is 15.2 Å². The molecule has 0 aliphatic heterocycles. The van der Waals surface area contributed by atoms with Crippen molar-refractivity contribution in [3.63, 3.8) is 0 Å². The lowest BCUT2D eigenvalue weighted by Gasteiger charge is -2.23. The van der Waals surface area contributed by atoms with Crippen LogP contribution < -0.4 is 5.32 Å². The van der Waals surface area contributed by atoms with Crippen LogP contribution in [0.15, 0.2) is 81.7 Å². The summed E-state index contributed by atoms with van der Waals surface area (Å²) >= 11 is 5.16. The Hall–Kier alpha value is -2.95. The predicted molar refractivity (Wildman–Crippen MR) is 193 cm³/mol. The summed E-state index contributed by atoms with van der Waals surface area (Å²) in [5.41, 5.74) is 4.15. The fourth-order valence-corrected chi connectivity index (χ4v) is 6.79. The number of nitrogens with zero attached hydrogens (tertiary/aromatic N) is 2. The first-order valence-corrected chi connectivity index (χ1v) is 19.4. The van der Waals surface area contributed by atoms with E-state index in [0.29, 0.717) is 13.1 Å². The van der Waals surface area contributed by atoms with E-state index >= 15 is 0 Å². The molecule has 0 aliphatic carbocycles. The maximum Gasteiger partial charge on any atom is 0.321 e. The van der Waals surface area contributed by atoms with Crippen molar-refractivity contribution in [1.82, 2.24) is 14.9 Å². The Kier molecular flexibility index (Phi) is 14.8. The van der Waals surface area contributed by atoms with Gasteiger partial charge >= 0.3 is 6.03 Å². The minimum atomic E-state index is -0.772. The van der Waals surface area contributed by atoms with Gasteiger partial charge in [0.15, 0.2) is 5.16 Å². The summed E-state index contributed by atoms with van der Waals surface area (Å²) in [4.78, 5) is 25.8. The average molecular weight is 683 g/mol. The summed E-state index contributed by atoms with van der Waals surface area (Å²) in [6.07, 6.45) is 12.3. The lowest BCUT2D eigenvalue weighted by Crippen LogP contribution is -2.36. The number of thioether (sulfide) groups is 3. The third kappa shape index (κ3) is 10.8. The first-order chi connectivity index (χ1) is 22.4. The van der Waals surface area contributed by atoms with Crippen molar-refractivity contribution < 1.29 is 13.6 Å². The summed E-state index contributed by atoms with van der Waals surface area (Å²) in [6, 6.07) is 19.9. The zero-order chi connectivity index (χ0) is 32.7. The smallest absolute Gasteiger partial charge is 0.321 e. The maximum atomic E-state index is 14.2. The third-order valence-electron chi connectivity index (χ3n) is 7.73. The topological polar surface area (TPSA) is 61.0 Å². The lowest BCUT2D eigenvalue weighted by molar-refractivity contribution is 0.209. The number of aromatic nitrogens is 2. The van der Waals surface area contributed by atoms with E-state index < -0.39 is 11.6 Å². The molecular weight excluding hydrogens is 639 g/mol. The summed E-state index contributed by atoms with van der Waals surface area (Å²) in [7, 11) is 0. The van der Waals surface area contributed by atoms with Crippen molar-refractivity contribution in [3.05, 3.63) is 78.4 Å². The Morgan fingerprint density at radius 2 is 1.41 bits per heavy atom. The Morgan fingerprint density at radius 3 is 2.02 bits per heavy atom. The molecular formula is C36H44F2N4OS3. The van der Waals surface area contributed by atoms with Gasteiger partial charge in [-0.15, -0.1) is 23.5 Å². The van der Waals surface area contributed by atoms with E-state index in [-0.39, 0.29) is 11.7 Å². The van der Waals surface area contributed by atoms with Gasteiger partial charge in [-0.25, -0.2) is 18.6 Å². The van der Waals surface area contributed by atoms with E-state index in [4.69, 9.17) is 4.98 Å². The van der Waals surface area contributed by atoms with E-state index in [1.165, 1.54) is 22.3 Å². The predicted octanol–water partition coefficient (Wildman–Crippen LogP) is 11.2. The molecule has 0 fully saturated rings. The van der Waals surface area contributed by atoms with E-state index in [2.05, 4.69) is 78.3 Å². The van der Waals surface area contributed by atoms with Crippen LogP contribution in [0, 0.1) is 11.6 Å². The van der Waals surface area contributed by atoms with E-state index in [9.17, 15) is 13.6 Å². The number of hydrogen-bond donors (Lipinski definition) is 2. The second-order valence-electron chi connectivity index (χ2n) is 11.1. The number of anilines is 1. The summed E-state index contributed by atoms with van der Waals surface area (Å²) in [6.45, 7) is 3.37. The molecule has 1 aromatic heterocycles. The fourth-order valence-electron chi connectivity index (χ4n) is 5.10. The standard InChI is InChI=1S/C36H44F2N4OS3/c1-4-5-6-7-9-22-42(36(43)39-32-21-16-28(37)25-31(32)38)23-10-8-11-24-46-35-40-33(26-12-17-29(44-2)18-13-26)34(41-35)27-14-19-30(45-3)20-15-27/h12-21,25H,4-11,22-24H2,1-3H3,(H,39,43)(H,40,41). The van der Waals surface area contributed by atoms with E-state index in [1.807, 2.05) is 0 Å². The van der Waals surface area contributed by atoms with Crippen LogP contribution in [0.1, 0.15) is 58.3 Å². The van der Waals surface area contributed by atoms with Gasteiger partial charge in [-0.05, 0) is 68.2 Å². The molecule has 4 aromatic rings. The Bertz CT molecular complexity index is 1450. The van der Waals surface area contributed by atoms with Crippen LogP contribution in [0.3, 0.4) is 0 Å². The van der Waals surface area contributed by atoms with Crippen molar-refractivity contribution in [2.24, 2.45) is 0 Å². The van der Waals surface area contributed by atoms with Gasteiger partial charge in [0, 0.05) is 45.8 Å². The quantitative estimate of drug-likeness (QED) is 0.0808. The molecule has 1 heterocycles. The molecule has 10 heteroatoms. The Labute approximate surface area is 285 Å². The van der Waals surface area contributed by atoms with Crippen molar-refractivity contribution in [2.45, 2.75) is 73.2 Å². The minimum absolute atomic E-state index is 0.00337. The number of amides is 2. The van der Waals surface area contributed by atoms with E-state index in [1.54, 1.807) is 40.2 Å². The third-order valence-corrected chi connectivity index (χ3v) is 10.2. The number of carbonyl (C=O) groups is 1. The molecule has 2 N–H and O–H groups in total. The molecule has 3 aromatic carbocycles. The molecule has 5 nitrogen and oxygen atoms in total. The van der Waals surface area contributed by atoms with Gasteiger partial charge in [0.1, 0.15) is 11.6 Å². The lowest BCUT2D eigenvalue weighted by atomic mass is 10.1. The highest BCUT2D eigenvalue weighted by atomic mass is 32.2. The molecule has 4 rings (SSSR count). The number of aromatic amines is 1. The van der Waals surface area contributed by atoms with Gasteiger partial charge in [0.2, 0.25) is 0 Å². The minimum Gasteiger partial charge on any atom is -0.332 e. The normalized spacial score (nSPS) is 11.2. The first-order valence-electron chi connectivity index (χ1n) is 15.9. The molecule has 46 heavy (non-hydrogen) atoms. The van der Waals surface area contributed by atoms with Gasteiger partial charge in [0.25, 0.3) is 0 Å². The van der Waals surface area contributed by atoms with Gasteiger partial charge in [-0.2, -0.15) is 0 Å². The van der Waals surface area contributed by atoms with Crippen LogP contribution in [0.25, 0.3) is 22.5 Å². The van der Waals surface area contributed by atoms with Crippen molar-refractivity contribution in [1.29, 1.82) is 0 Å². The van der Waals surface area contributed by atoms with Crippen LogP contribution in [0.2, 0.25) is 0 Å². The summed E-state index contributed by atoms with van der Waals surface area (Å²) in [5.74, 6) is -0.544. The van der Waals surface area contributed by atoms with Crippen LogP contribution in [0.5, 0.6) is 0 Å². The number of halogens is 2. The number of H-pyrrole nitrogens is 1. The fraction of sp³-hybridized carbons (Fsp3) is 0.389. The summed E-state index contributed by atoms with van der Waals surface area (Å²) in [5, 5.41) is 3.53. The number of benzene rings is 3. The molecule has 0 spiro atoms. The number of rotatable bonds is 18. The molecule has 246 valence electrons. The Balaban J connectivity index is 1.33. The largest absolute Gasteiger partial charge is 0.332 e. The van der Waals surface area contributed by atoms with Gasteiger partial charge in [0.05, 0.1) is 17.1 Å². The summed E-state index contributed by atoms with van der Waals surface area (Å²) < 4.78 is 27.5. The van der Waals surface area contributed by atoms with Crippen LogP contribution in [-0.4, -0.2) is 52.3 Å². The number of nitrogens with one attached hydrogen (secondary N) is 2. The van der Waals surface area contributed by atoms with Crippen LogP contribution in [0.4, 0.5) is 19.3 Å². The second-order valence-corrected chi connectivity index (χ2v) is 13.9. The maximum absolute atomic E-state index is 14.2. The van der Waals surface area contributed by atoms with Gasteiger partial charge in [-0.3, -0.25) is 0 Å². The highest BCUT2D eigenvalue weighted by Crippen LogP contribution is 2.34. The first kappa shape index (κ1) is 35.9. The van der Waals surface area contributed by atoms with E-state index in [0.717, 1.165) is 90.5 Å². The van der Waals surface area contributed by atoms with Crippen molar-refractivity contribution in [2.75, 3.05) is 36.7 Å². The number of hydrogen-bond acceptors (Lipinski definition) is 5. The second kappa shape index (κ2) is 19.0. The molecule has 0 bridgehead atoms. The SMILES string of the molecule is CCCCCCCN(CCCCCSc1nc(-c2ccc(SC)cc2)c(-c2ccc(SC)cc2)[nH]1)C(=O)Nc1ccc(F)cc1F. The van der Waals surface area contributed by atoms with Crippen LogP contribution in [-0.2, 0) is 0 Å². The van der Waals surface area contributed by atoms with Crippen molar-refractivity contribution in [3.8, 4) is 22.5 Å².